The predicted octanol–water partition coefficient (Wildman–Crippen LogP) is 3.09. The largest absolute Gasteiger partial charge is 0.371 e. The van der Waals surface area contributed by atoms with Crippen LogP contribution < -0.4 is 5.32 Å². The number of ether oxygens (including phenoxy) is 1. The Balaban J connectivity index is 1.47. The van der Waals surface area contributed by atoms with Crippen molar-refractivity contribution in [1.29, 1.82) is 0 Å². The lowest BCUT2D eigenvalue weighted by Gasteiger charge is -2.19. The minimum Gasteiger partial charge on any atom is -0.371 e. The highest BCUT2D eigenvalue weighted by molar-refractivity contribution is 5.92. The average molecular weight is 334 g/mol. The van der Waals surface area contributed by atoms with E-state index in [1.807, 2.05) is 0 Å². The Bertz CT molecular complexity index is 773. The number of carbonyl (C=O) groups excluding carboxylic acids is 1. The number of hydrogen-bond donors (Lipinski definition) is 1. The van der Waals surface area contributed by atoms with Crippen molar-refractivity contribution in [2.24, 2.45) is 0 Å². The lowest BCUT2D eigenvalue weighted by atomic mass is 10.0. The van der Waals surface area contributed by atoms with Gasteiger partial charge in [0.15, 0.2) is 17.3 Å². The number of rotatable bonds is 4. The molecule has 2 aliphatic rings. The highest BCUT2D eigenvalue weighted by atomic mass is 19.2. The van der Waals surface area contributed by atoms with E-state index in [1.54, 1.807) is 6.07 Å². The van der Waals surface area contributed by atoms with Gasteiger partial charge >= 0.3 is 0 Å². The normalized spacial score (nSPS) is 23.4. The van der Waals surface area contributed by atoms with Gasteiger partial charge in [0.2, 0.25) is 0 Å². The highest BCUT2D eigenvalue weighted by Crippen LogP contribution is 2.40. The Hall–Kier alpha value is -2.28. The minimum absolute atomic E-state index is 0.229. The van der Waals surface area contributed by atoms with Crippen LogP contribution in [0.2, 0.25) is 0 Å². The molecule has 1 aliphatic carbocycles. The summed E-state index contributed by atoms with van der Waals surface area (Å²) in [5, 5.41) is 6.65. The van der Waals surface area contributed by atoms with Crippen molar-refractivity contribution in [2.75, 3.05) is 6.61 Å². The summed E-state index contributed by atoms with van der Waals surface area (Å²) in [7, 11) is 0. The lowest BCUT2D eigenvalue weighted by molar-refractivity contribution is 0.0814. The monoisotopic (exact) mass is 334 g/mol. The molecule has 1 N–H and O–H groups in total. The first-order chi connectivity index (χ1) is 11.6. The fourth-order valence-corrected chi connectivity index (χ4v) is 2.95. The molecule has 2 unspecified atom stereocenters. The van der Waals surface area contributed by atoms with Gasteiger partial charge in [-0.2, -0.15) is 0 Å². The van der Waals surface area contributed by atoms with Gasteiger partial charge in [-0.25, -0.2) is 8.78 Å². The van der Waals surface area contributed by atoms with E-state index in [0.29, 0.717) is 24.5 Å². The maximum Gasteiger partial charge on any atom is 0.273 e. The molecule has 5 nitrogen and oxygen atoms in total. The van der Waals surface area contributed by atoms with E-state index in [4.69, 9.17) is 9.26 Å². The van der Waals surface area contributed by atoms with Crippen molar-refractivity contribution in [3.05, 3.63) is 52.9 Å². The Kier molecular flexibility index (Phi) is 3.80. The molecule has 0 spiro atoms. The van der Waals surface area contributed by atoms with E-state index in [-0.39, 0.29) is 17.6 Å². The van der Waals surface area contributed by atoms with Crippen molar-refractivity contribution in [2.45, 2.75) is 37.3 Å². The van der Waals surface area contributed by atoms with Gasteiger partial charge in [-0.15, -0.1) is 0 Å². The molecule has 7 heteroatoms. The summed E-state index contributed by atoms with van der Waals surface area (Å²) in [6.45, 7) is 0.431. The van der Waals surface area contributed by atoms with Crippen LogP contribution in [0.4, 0.5) is 8.78 Å². The summed E-state index contributed by atoms with van der Waals surface area (Å²) in [6, 6.07) is 4.96. The van der Waals surface area contributed by atoms with Crippen LogP contribution in [0.1, 0.15) is 53.1 Å². The van der Waals surface area contributed by atoms with E-state index >= 15 is 0 Å². The standard InChI is InChI=1S/C17H16F2N2O3/c18-11-4-3-10(7-12(11)19)16-13(5-6-23-16)20-17(22)14-8-15(24-21-14)9-1-2-9/h3-4,7-9,13,16H,1-2,5-6H2,(H,20,22). The van der Waals surface area contributed by atoms with Crippen LogP contribution in [0.15, 0.2) is 28.8 Å². The molecule has 4 rings (SSSR count). The topological polar surface area (TPSA) is 64.4 Å². The van der Waals surface area contributed by atoms with Crippen LogP contribution in [-0.2, 0) is 4.74 Å². The van der Waals surface area contributed by atoms with Crippen LogP contribution in [0.3, 0.4) is 0 Å². The summed E-state index contributed by atoms with van der Waals surface area (Å²) in [5.74, 6) is -1.08. The first-order valence-corrected chi connectivity index (χ1v) is 7.96. The number of nitrogens with one attached hydrogen (secondary N) is 1. The first kappa shape index (κ1) is 15.3. The molecule has 1 aliphatic heterocycles. The third-order valence-electron chi connectivity index (χ3n) is 4.42. The van der Waals surface area contributed by atoms with E-state index in [9.17, 15) is 13.6 Å². The Morgan fingerprint density at radius 2 is 2.00 bits per heavy atom. The zero-order chi connectivity index (χ0) is 16.7. The van der Waals surface area contributed by atoms with Gasteiger partial charge in [0, 0.05) is 18.6 Å². The van der Waals surface area contributed by atoms with E-state index in [2.05, 4.69) is 10.5 Å². The Labute approximate surface area is 137 Å². The molecule has 2 atom stereocenters. The number of hydrogen-bond acceptors (Lipinski definition) is 4. The number of nitrogens with zero attached hydrogens (tertiary/aromatic N) is 1. The second-order valence-electron chi connectivity index (χ2n) is 6.22. The molecule has 1 saturated heterocycles. The maximum absolute atomic E-state index is 13.4. The van der Waals surface area contributed by atoms with Gasteiger partial charge in [0.1, 0.15) is 11.9 Å². The van der Waals surface area contributed by atoms with Crippen LogP contribution in [-0.4, -0.2) is 23.7 Å². The first-order valence-electron chi connectivity index (χ1n) is 7.96. The van der Waals surface area contributed by atoms with Crippen molar-refractivity contribution >= 4 is 5.91 Å². The fourth-order valence-electron chi connectivity index (χ4n) is 2.95. The Morgan fingerprint density at radius 3 is 2.75 bits per heavy atom. The SMILES string of the molecule is O=C(NC1CCOC1c1ccc(F)c(F)c1)c1cc(C2CC2)on1. The molecule has 0 bridgehead atoms. The molecule has 0 radical (unpaired) electrons. The summed E-state index contributed by atoms with van der Waals surface area (Å²) < 4.78 is 37.3. The number of halogens is 2. The molecular weight excluding hydrogens is 318 g/mol. The number of amides is 1. The van der Waals surface area contributed by atoms with E-state index in [0.717, 1.165) is 30.7 Å². The molecule has 1 amide bonds. The second-order valence-corrected chi connectivity index (χ2v) is 6.22. The van der Waals surface area contributed by atoms with Crippen molar-refractivity contribution in [1.82, 2.24) is 10.5 Å². The van der Waals surface area contributed by atoms with Crippen LogP contribution in [0.5, 0.6) is 0 Å². The maximum atomic E-state index is 13.4. The van der Waals surface area contributed by atoms with Crippen molar-refractivity contribution in [3.8, 4) is 0 Å². The summed E-state index contributed by atoms with van der Waals surface area (Å²) in [5.41, 5.74) is 0.725. The number of benzene rings is 1. The molecule has 2 aromatic rings. The van der Waals surface area contributed by atoms with Gasteiger partial charge < -0.3 is 14.6 Å². The molecule has 1 aromatic carbocycles. The van der Waals surface area contributed by atoms with Gasteiger partial charge in [-0.05, 0) is 37.0 Å². The average Bonchev–Trinajstić information content (AvgIpc) is 3.11. The highest BCUT2D eigenvalue weighted by Gasteiger charge is 2.33. The van der Waals surface area contributed by atoms with Crippen LogP contribution >= 0.6 is 0 Å². The molecule has 1 aromatic heterocycles. The van der Waals surface area contributed by atoms with E-state index in [1.165, 1.54) is 6.07 Å². The van der Waals surface area contributed by atoms with Crippen molar-refractivity contribution < 1.29 is 22.8 Å². The van der Waals surface area contributed by atoms with Gasteiger partial charge in [0.05, 0.1) is 6.04 Å². The van der Waals surface area contributed by atoms with Crippen molar-refractivity contribution in [3.63, 3.8) is 0 Å². The molecule has 1 saturated carbocycles. The molecule has 2 heterocycles. The molecule has 126 valence electrons. The minimum atomic E-state index is -0.932. The molecule has 24 heavy (non-hydrogen) atoms. The zero-order valence-corrected chi connectivity index (χ0v) is 12.8. The molecule has 2 fully saturated rings. The second kappa shape index (κ2) is 5.98. The summed E-state index contributed by atoms with van der Waals surface area (Å²) in [6.07, 6.45) is 2.19. The van der Waals surface area contributed by atoms with Gasteiger partial charge in [0.25, 0.3) is 5.91 Å². The van der Waals surface area contributed by atoms with Crippen LogP contribution in [0.25, 0.3) is 0 Å². The lowest BCUT2D eigenvalue weighted by Crippen LogP contribution is -2.37. The third kappa shape index (κ3) is 2.91. The third-order valence-corrected chi connectivity index (χ3v) is 4.42. The summed E-state index contributed by atoms with van der Waals surface area (Å²) >= 11 is 0. The predicted molar refractivity (Wildman–Crippen MR) is 79.4 cm³/mol. The number of aromatic nitrogens is 1. The zero-order valence-electron chi connectivity index (χ0n) is 12.8. The van der Waals surface area contributed by atoms with E-state index < -0.39 is 17.7 Å². The Morgan fingerprint density at radius 1 is 1.17 bits per heavy atom. The smallest absolute Gasteiger partial charge is 0.273 e. The number of carbonyl (C=O) groups is 1. The quantitative estimate of drug-likeness (QED) is 0.933. The van der Waals surface area contributed by atoms with Gasteiger partial charge in [-0.1, -0.05) is 11.2 Å². The van der Waals surface area contributed by atoms with Gasteiger partial charge in [-0.3, -0.25) is 4.79 Å². The molecular formula is C17H16F2N2O3. The fraction of sp³-hybridized carbons (Fsp3) is 0.412. The van der Waals surface area contributed by atoms with Crippen LogP contribution in [0, 0.1) is 11.6 Å². The summed E-state index contributed by atoms with van der Waals surface area (Å²) in [4.78, 5) is 12.3.